The van der Waals surface area contributed by atoms with Crippen molar-refractivity contribution in [2.75, 3.05) is 18.6 Å². The van der Waals surface area contributed by atoms with Gasteiger partial charge in [0.15, 0.2) is 0 Å². The van der Waals surface area contributed by atoms with Crippen molar-refractivity contribution in [1.82, 2.24) is 0 Å². The average molecular weight is 387 g/mol. The fraction of sp³-hybridized carbons (Fsp3) is 0.364. The SMILES string of the molecule is COc1cc(Br)c(F)cc1N1CC(S(=O)(=O)Cl)CC1=O. The quantitative estimate of drug-likeness (QED) is 0.748. The van der Waals surface area contributed by atoms with Gasteiger partial charge in [-0.2, -0.15) is 0 Å². The number of nitrogens with zero attached hydrogens (tertiary/aromatic N) is 1. The number of anilines is 1. The highest BCUT2D eigenvalue weighted by Crippen LogP contribution is 2.36. The molecule has 1 atom stereocenters. The van der Waals surface area contributed by atoms with Crippen molar-refractivity contribution >= 4 is 47.3 Å². The Kier molecular flexibility index (Phi) is 4.27. The van der Waals surface area contributed by atoms with E-state index in [9.17, 15) is 17.6 Å². The Morgan fingerprint density at radius 3 is 2.65 bits per heavy atom. The summed E-state index contributed by atoms with van der Waals surface area (Å²) < 4.78 is 41.5. The molecular formula is C11H10BrClFNO4S. The van der Waals surface area contributed by atoms with Gasteiger partial charge in [0.25, 0.3) is 0 Å². The first-order chi connectivity index (χ1) is 9.24. The van der Waals surface area contributed by atoms with E-state index in [1.807, 2.05) is 0 Å². The van der Waals surface area contributed by atoms with Crippen LogP contribution in [0, 0.1) is 5.82 Å². The lowest BCUT2D eigenvalue weighted by atomic mass is 10.2. The highest BCUT2D eigenvalue weighted by atomic mass is 79.9. The molecule has 0 saturated carbocycles. The van der Waals surface area contributed by atoms with Crippen LogP contribution in [0.1, 0.15) is 6.42 Å². The number of hydrogen-bond donors (Lipinski definition) is 0. The number of halogens is 3. The minimum atomic E-state index is -3.85. The van der Waals surface area contributed by atoms with Gasteiger partial charge in [-0.05, 0) is 22.0 Å². The summed E-state index contributed by atoms with van der Waals surface area (Å²) in [5, 5.41) is -1.01. The summed E-state index contributed by atoms with van der Waals surface area (Å²) in [6, 6.07) is 2.49. The summed E-state index contributed by atoms with van der Waals surface area (Å²) in [6.07, 6.45) is -0.229. The molecule has 1 fully saturated rings. The zero-order valence-electron chi connectivity index (χ0n) is 10.3. The van der Waals surface area contributed by atoms with Crippen molar-refractivity contribution in [2.24, 2.45) is 0 Å². The van der Waals surface area contributed by atoms with Gasteiger partial charge < -0.3 is 9.64 Å². The molecule has 1 aromatic carbocycles. The largest absolute Gasteiger partial charge is 0.495 e. The number of ether oxygens (including phenoxy) is 1. The molecule has 1 amide bonds. The Hall–Kier alpha value is -0.860. The van der Waals surface area contributed by atoms with Crippen LogP contribution in [-0.2, 0) is 13.8 Å². The van der Waals surface area contributed by atoms with Crippen LogP contribution in [-0.4, -0.2) is 33.2 Å². The van der Waals surface area contributed by atoms with Gasteiger partial charge in [0, 0.05) is 29.7 Å². The van der Waals surface area contributed by atoms with Crippen LogP contribution in [0.25, 0.3) is 0 Å². The number of methoxy groups -OCH3 is 1. The monoisotopic (exact) mass is 385 g/mol. The smallest absolute Gasteiger partial charge is 0.237 e. The van der Waals surface area contributed by atoms with Crippen molar-refractivity contribution in [1.29, 1.82) is 0 Å². The van der Waals surface area contributed by atoms with Gasteiger partial charge in [0.2, 0.25) is 15.0 Å². The lowest BCUT2D eigenvalue weighted by Gasteiger charge is -2.19. The van der Waals surface area contributed by atoms with E-state index in [1.165, 1.54) is 18.1 Å². The van der Waals surface area contributed by atoms with Gasteiger partial charge in [-0.15, -0.1) is 0 Å². The molecule has 0 radical (unpaired) electrons. The highest BCUT2D eigenvalue weighted by Gasteiger charge is 2.39. The van der Waals surface area contributed by atoms with E-state index in [1.54, 1.807) is 0 Å². The Morgan fingerprint density at radius 1 is 1.50 bits per heavy atom. The fourth-order valence-electron chi connectivity index (χ4n) is 1.99. The standard InChI is InChI=1S/C11H10BrClFNO4S/c1-19-10-3-7(12)8(14)4-9(10)15-5-6(2-11(15)16)20(13,17)18/h3-4,6H,2,5H2,1H3. The second-order valence-electron chi connectivity index (χ2n) is 4.24. The second-order valence-corrected chi connectivity index (χ2v) is 8.01. The Balaban J connectivity index is 2.42. The lowest BCUT2D eigenvalue weighted by Crippen LogP contribution is -2.27. The van der Waals surface area contributed by atoms with Gasteiger partial charge in [-0.25, -0.2) is 12.8 Å². The molecule has 1 saturated heterocycles. The highest BCUT2D eigenvalue weighted by molar-refractivity contribution is 9.10. The minimum Gasteiger partial charge on any atom is -0.495 e. The van der Waals surface area contributed by atoms with Crippen molar-refractivity contribution < 1.29 is 22.3 Å². The summed E-state index contributed by atoms with van der Waals surface area (Å²) in [4.78, 5) is 13.1. The predicted molar refractivity (Wildman–Crippen MR) is 76.2 cm³/mol. The molecule has 0 bridgehead atoms. The van der Waals surface area contributed by atoms with E-state index in [-0.39, 0.29) is 28.9 Å². The molecule has 1 aromatic rings. The summed E-state index contributed by atoms with van der Waals surface area (Å²) >= 11 is 3.01. The van der Waals surface area contributed by atoms with Gasteiger partial charge in [0.1, 0.15) is 16.8 Å². The zero-order valence-corrected chi connectivity index (χ0v) is 13.4. The Labute approximate surface area is 128 Å². The van der Waals surface area contributed by atoms with E-state index in [4.69, 9.17) is 15.4 Å². The van der Waals surface area contributed by atoms with Crippen LogP contribution in [0.2, 0.25) is 0 Å². The summed E-state index contributed by atoms with van der Waals surface area (Å²) in [5.41, 5.74) is 0.181. The van der Waals surface area contributed by atoms with Crippen LogP contribution in [0.4, 0.5) is 10.1 Å². The minimum absolute atomic E-state index is 0.123. The topological polar surface area (TPSA) is 63.7 Å². The zero-order chi connectivity index (χ0) is 15.1. The van der Waals surface area contributed by atoms with E-state index in [0.717, 1.165) is 6.07 Å². The van der Waals surface area contributed by atoms with E-state index >= 15 is 0 Å². The molecule has 2 rings (SSSR count). The summed E-state index contributed by atoms with van der Waals surface area (Å²) in [7, 11) is 2.79. The number of rotatable bonds is 3. The number of amides is 1. The number of carbonyl (C=O) groups excluding carboxylic acids is 1. The predicted octanol–water partition coefficient (Wildman–Crippen LogP) is 2.27. The molecule has 1 aliphatic heterocycles. The molecule has 1 heterocycles. The molecular weight excluding hydrogens is 377 g/mol. The number of hydrogen-bond acceptors (Lipinski definition) is 4. The van der Waals surface area contributed by atoms with Gasteiger partial charge in [-0.1, -0.05) is 0 Å². The average Bonchev–Trinajstić information content (AvgIpc) is 2.74. The third-order valence-corrected chi connectivity index (χ3v) is 5.48. The van der Waals surface area contributed by atoms with Gasteiger partial charge in [-0.3, -0.25) is 4.79 Å². The Bertz CT molecular complexity index is 667. The normalized spacial score (nSPS) is 19.5. The van der Waals surface area contributed by atoms with Crippen LogP contribution >= 0.6 is 26.6 Å². The van der Waals surface area contributed by atoms with Crippen molar-refractivity contribution in [3.8, 4) is 5.75 Å². The van der Waals surface area contributed by atoms with Crippen LogP contribution in [0.3, 0.4) is 0 Å². The summed E-state index contributed by atoms with van der Waals surface area (Å²) in [5.74, 6) is -0.760. The van der Waals surface area contributed by atoms with E-state index in [0.29, 0.717) is 0 Å². The number of benzene rings is 1. The van der Waals surface area contributed by atoms with Crippen LogP contribution in [0.5, 0.6) is 5.75 Å². The fourth-order valence-corrected chi connectivity index (χ4v) is 3.34. The maximum Gasteiger partial charge on any atom is 0.237 e. The maximum absolute atomic E-state index is 13.6. The molecule has 20 heavy (non-hydrogen) atoms. The first-order valence-corrected chi connectivity index (χ1v) is 8.67. The van der Waals surface area contributed by atoms with Gasteiger partial charge >= 0.3 is 0 Å². The molecule has 110 valence electrons. The third-order valence-electron chi connectivity index (χ3n) is 3.00. The van der Waals surface area contributed by atoms with Crippen LogP contribution < -0.4 is 9.64 Å². The van der Waals surface area contributed by atoms with E-state index in [2.05, 4.69) is 15.9 Å². The first-order valence-electron chi connectivity index (χ1n) is 5.51. The molecule has 1 aliphatic rings. The lowest BCUT2D eigenvalue weighted by molar-refractivity contribution is -0.117. The van der Waals surface area contributed by atoms with E-state index < -0.39 is 26.0 Å². The molecule has 0 spiro atoms. The second kappa shape index (κ2) is 5.50. The molecule has 0 N–H and O–H groups in total. The molecule has 9 heteroatoms. The third kappa shape index (κ3) is 2.91. The molecule has 1 unspecified atom stereocenters. The first kappa shape index (κ1) is 15.5. The Morgan fingerprint density at radius 2 is 2.15 bits per heavy atom. The van der Waals surface area contributed by atoms with Gasteiger partial charge in [0.05, 0.1) is 17.3 Å². The molecule has 0 aliphatic carbocycles. The van der Waals surface area contributed by atoms with Crippen molar-refractivity contribution in [3.63, 3.8) is 0 Å². The maximum atomic E-state index is 13.6. The molecule has 0 aromatic heterocycles. The van der Waals surface area contributed by atoms with Crippen molar-refractivity contribution in [3.05, 3.63) is 22.4 Å². The van der Waals surface area contributed by atoms with Crippen molar-refractivity contribution in [2.45, 2.75) is 11.7 Å². The number of carbonyl (C=O) groups is 1. The van der Waals surface area contributed by atoms with Crippen LogP contribution in [0.15, 0.2) is 16.6 Å². The summed E-state index contributed by atoms with van der Waals surface area (Å²) in [6.45, 7) is -0.123. The molecule has 5 nitrogen and oxygen atoms in total.